The molecule has 2 N–H and O–H groups in total. The van der Waals surface area contributed by atoms with Gasteiger partial charge in [-0.1, -0.05) is 69.7 Å². The third-order valence-corrected chi connectivity index (χ3v) is 14.5. The zero-order valence-electron chi connectivity index (χ0n) is 40.6. The van der Waals surface area contributed by atoms with E-state index in [0.717, 1.165) is 17.6 Å². The molecule has 368 valence electrons. The van der Waals surface area contributed by atoms with Crippen LogP contribution in [0.25, 0.3) is 6.08 Å². The highest BCUT2D eigenvalue weighted by Gasteiger charge is 2.56. The number of Topliss-reactive ketones (excluding diaryl/α,β-unsaturated/α-hetero) is 2. The molecular formula is C52H76FNO12. The van der Waals surface area contributed by atoms with Gasteiger partial charge in [0.15, 0.2) is 0 Å². The normalized spacial score (nSPS) is 37.2. The standard InChI is InChI=1S/C52H76FNO12/c1-10-38-25-31(2)24-32(3)26-45(62-8)48-46(63-9)28-34(5)52(60,66-48)49(57)50(58)54-22-12-11-15-40(54)51(59)65-47(35(6)41(55)30-42(38)56)33(4)27-37-18-21-43(44(29-37)61-7)64-23-13-14-36-16-19-39(53)20-17-36/h13-14,16-17,19-20,25,27,32,34-35,37-38,40-41,43-48,55,60H,10-12,15,18,21-24,26,28-30H2,1-9H3/b14-13+,31-25+,33-27+/t32-,34+,35+,37-,38+,40-,41-,43+,44+,45-,46-,47+,48+,52+/m0/s1. The van der Waals surface area contributed by atoms with Crippen LogP contribution in [0, 0.1) is 35.4 Å². The average Bonchev–Trinajstić information content (AvgIpc) is 3.30. The van der Waals surface area contributed by atoms with Gasteiger partial charge < -0.3 is 43.5 Å². The van der Waals surface area contributed by atoms with Gasteiger partial charge in [-0.15, -0.1) is 0 Å². The number of aliphatic hydroxyl groups excluding tert-OH is 1. The molecule has 66 heavy (non-hydrogen) atoms. The van der Waals surface area contributed by atoms with Crippen LogP contribution < -0.4 is 0 Å². The number of carbonyl (C=O) groups excluding carboxylic acids is 4. The summed E-state index contributed by atoms with van der Waals surface area (Å²) in [4.78, 5) is 58.3. The van der Waals surface area contributed by atoms with Crippen molar-refractivity contribution in [1.29, 1.82) is 0 Å². The van der Waals surface area contributed by atoms with E-state index in [4.69, 9.17) is 28.4 Å². The van der Waals surface area contributed by atoms with Gasteiger partial charge in [0, 0.05) is 52.0 Å². The summed E-state index contributed by atoms with van der Waals surface area (Å²) in [6.45, 7) is 11.6. The van der Waals surface area contributed by atoms with Crippen molar-refractivity contribution < 1.29 is 62.2 Å². The Morgan fingerprint density at radius 3 is 2.26 bits per heavy atom. The molecule has 5 rings (SSSR count). The molecule has 1 aliphatic carbocycles. The summed E-state index contributed by atoms with van der Waals surface area (Å²) in [7, 11) is 4.71. The SMILES string of the molecule is CC[C@@H]1/C=C(\C)C[C@H](C)C[C@H](OC)[C@H]2O[C@@](O)(C(=O)C(=O)N3CCCC[C@H]3C(=O)O[C@H](/C(C)=C/[C@@H]3CC[C@@H](OC/C=C/c4ccc(F)cc4)[C@H](OC)C3)[C@H](C)[C@@H](O)CC1=O)[C@H](C)C[C@@H]2OC. The number of hydrogen-bond donors (Lipinski definition) is 2. The maximum Gasteiger partial charge on any atom is 0.329 e. The van der Waals surface area contributed by atoms with Crippen LogP contribution in [0.2, 0.25) is 0 Å². The zero-order chi connectivity index (χ0) is 48.3. The second-order valence-corrected chi connectivity index (χ2v) is 19.4. The molecular weight excluding hydrogens is 850 g/mol. The summed E-state index contributed by atoms with van der Waals surface area (Å²) in [5, 5.41) is 23.9. The zero-order valence-corrected chi connectivity index (χ0v) is 40.6. The Bertz CT molecular complexity index is 1880. The van der Waals surface area contributed by atoms with Crippen molar-refractivity contribution in [2.45, 2.75) is 167 Å². The van der Waals surface area contributed by atoms with Gasteiger partial charge in [0.1, 0.15) is 29.9 Å². The van der Waals surface area contributed by atoms with Crippen LogP contribution in [0.5, 0.6) is 0 Å². The second kappa shape index (κ2) is 24.6. The first-order chi connectivity index (χ1) is 31.4. The molecule has 0 unspecified atom stereocenters. The lowest BCUT2D eigenvalue weighted by atomic mass is 9.81. The van der Waals surface area contributed by atoms with Gasteiger partial charge >= 0.3 is 5.97 Å². The average molecular weight is 926 g/mol. The van der Waals surface area contributed by atoms with Gasteiger partial charge in [0.25, 0.3) is 11.7 Å². The molecule has 13 nitrogen and oxygen atoms in total. The maximum atomic E-state index is 14.5. The number of halogens is 1. The van der Waals surface area contributed by atoms with Crippen LogP contribution in [-0.4, -0.2) is 128 Å². The van der Waals surface area contributed by atoms with Crippen molar-refractivity contribution >= 4 is 29.5 Å². The molecule has 1 saturated carbocycles. The molecule has 3 aliphatic heterocycles. The molecule has 1 aromatic rings. The number of ether oxygens (including phenoxy) is 6. The summed E-state index contributed by atoms with van der Waals surface area (Å²) < 4.78 is 49.9. The number of esters is 1. The van der Waals surface area contributed by atoms with E-state index in [0.29, 0.717) is 57.1 Å². The number of aliphatic hydroxyl groups is 2. The van der Waals surface area contributed by atoms with Crippen LogP contribution >= 0.6 is 0 Å². The molecule has 2 saturated heterocycles. The van der Waals surface area contributed by atoms with Crippen LogP contribution in [0.3, 0.4) is 0 Å². The number of nitrogens with zero attached hydrogens (tertiary/aromatic N) is 1. The number of methoxy groups -OCH3 is 3. The molecule has 4 aliphatic rings. The Labute approximate surface area is 391 Å². The molecule has 1 amide bonds. The lowest BCUT2D eigenvalue weighted by molar-refractivity contribution is -0.302. The Balaban J connectivity index is 1.44. The summed E-state index contributed by atoms with van der Waals surface area (Å²) in [5.41, 5.74) is 2.53. The van der Waals surface area contributed by atoms with E-state index in [9.17, 15) is 33.8 Å². The molecule has 0 aromatic heterocycles. The molecule has 0 radical (unpaired) electrons. The predicted octanol–water partition coefficient (Wildman–Crippen LogP) is 7.35. The summed E-state index contributed by atoms with van der Waals surface area (Å²) in [5.74, 6) is -7.89. The molecule has 3 heterocycles. The first-order valence-corrected chi connectivity index (χ1v) is 24.1. The van der Waals surface area contributed by atoms with Crippen molar-refractivity contribution in [3.8, 4) is 0 Å². The van der Waals surface area contributed by atoms with Crippen LogP contribution in [0.15, 0.2) is 53.6 Å². The number of piperidine rings is 1. The van der Waals surface area contributed by atoms with Gasteiger partial charge in [-0.3, -0.25) is 14.4 Å². The van der Waals surface area contributed by atoms with E-state index in [1.165, 1.54) is 31.3 Å². The minimum atomic E-state index is -2.52. The van der Waals surface area contributed by atoms with E-state index < -0.39 is 77.8 Å². The Morgan fingerprint density at radius 2 is 1.59 bits per heavy atom. The quantitative estimate of drug-likeness (QED) is 0.136. The maximum absolute atomic E-state index is 14.5. The van der Waals surface area contributed by atoms with Crippen molar-refractivity contribution in [3.05, 3.63) is 65.0 Å². The van der Waals surface area contributed by atoms with Gasteiger partial charge in [0.2, 0.25) is 5.79 Å². The number of ketones is 2. The Hall–Kier alpha value is -3.63. The fourth-order valence-electron chi connectivity index (χ4n) is 10.5. The first-order valence-electron chi connectivity index (χ1n) is 24.1. The fourth-order valence-corrected chi connectivity index (χ4v) is 10.5. The highest BCUT2D eigenvalue weighted by atomic mass is 19.1. The third kappa shape index (κ3) is 13.3. The molecule has 14 heteroatoms. The van der Waals surface area contributed by atoms with Crippen LogP contribution in [-0.2, 0) is 47.6 Å². The van der Waals surface area contributed by atoms with E-state index >= 15 is 0 Å². The van der Waals surface area contributed by atoms with E-state index in [1.54, 1.807) is 33.1 Å². The molecule has 1 aromatic carbocycles. The smallest absolute Gasteiger partial charge is 0.329 e. The second-order valence-electron chi connectivity index (χ2n) is 19.4. The lowest BCUT2D eigenvalue weighted by Crippen LogP contribution is -2.64. The summed E-state index contributed by atoms with van der Waals surface area (Å²) in [6, 6.07) is 5.07. The lowest BCUT2D eigenvalue weighted by Gasteiger charge is -2.47. The molecule has 14 atom stereocenters. The number of benzene rings is 1. The minimum absolute atomic E-state index is 0.00203. The number of hydrogen-bond acceptors (Lipinski definition) is 12. The highest BCUT2D eigenvalue weighted by molar-refractivity contribution is 6.39. The molecule has 3 fully saturated rings. The number of amides is 1. The van der Waals surface area contributed by atoms with Crippen LogP contribution in [0.1, 0.15) is 118 Å². The largest absolute Gasteiger partial charge is 0.456 e. The van der Waals surface area contributed by atoms with E-state index in [1.807, 2.05) is 45.1 Å². The third-order valence-electron chi connectivity index (χ3n) is 14.5. The number of carbonyl (C=O) groups is 4. The van der Waals surface area contributed by atoms with Gasteiger partial charge in [0.05, 0.1) is 37.1 Å². The van der Waals surface area contributed by atoms with Gasteiger partial charge in [-0.2, -0.15) is 0 Å². The monoisotopic (exact) mass is 926 g/mol. The summed E-state index contributed by atoms with van der Waals surface area (Å²) >= 11 is 0. The van der Waals surface area contributed by atoms with E-state index in [-0.39, 0.29) is 61.5 Å². The van der Waals surface area contributed by atoms with Crippen LogP contribution in [0.4, 0.5) is 4.39 Å². The predicted molar refractivity (Wildman–Crippen MR) is 247 cm³/mol. The van der Waals surface area contributed by atoms with Gasteiger partial charge in [-0.25, -0.2) is 9.18 Å². The van der Waals surface area contributed by atoms with Crippen molar-refractivity contribution in [1.82, 2.24) is 4.90 Å². The minimum Gasteiger partial charge on any atom is -0.456 e. The fraction of sp³-hybridized carbons (Fsp3) is 0.692. The first kappa shape index (κ1) is 53.3. The molecule has 0 spiro atoms. The number of fused-ring (bicyclic) bond motifs is 3. The number of rotatable bonds is 10. The van der Waals surface area contributed by atoms with E-state index in [2.05, 4.69) is 6.92 Å². The molecule has 2 bridgehead atoms. The number of allylic oxidation sites excluding steroid dienone is 3. The topological polar surface area (TPSA) is 167 Å². The Kier molecular flexibility index (Phi) is 19.9. The number of cyclic esters (lactones) is 1. The van der Waals surface area contributed by atoms with Crippen molar-refractivity contribution in [3.63, 3.8) is 0 Å². The van der Waals surface area contributed by atoms with Crippen molar-refractivity contribution in [2.75, 3.05) is 34.5 Å². The van der Waals surface area contributed by atoms with Crippen molar-refractivity contribution in [2.24, 2.45) is 29.6 Å². The highest BCUT2D eigenvalue weighted by Crippen LogP contribution is 2.39. The Morgan fingerprint density at radius 1 is 0.909 bits per heavy atom. The van der Waals surface area contributed by atoms with Gasteiger partial charge in [-0.05, 0) is 113 Å². The summed E-state index contributed by atoms with van der Waals surface area (Å²) in [6.07, 6.45) is 8.19.